The summed E-state index contributed by atoms with van der Waals surface area (Å²) in [6.07, 6.45) is 3.65. The van der Waals surface area contributed by atoms with Gasteiger partial charge in [0.2, 0.25) is 0 Å². The lowest BCUT2D eigenvalue weighted by atomic mass is 10.0. The zero-order valence-corrected chi connectivity index (χ0v) is 10.8. The number of likely N-dealkylation sites (N-methyl/N-ethyl adjacent to an activating group) is 1. The molecule has 18 heavy (non-hydrogen) atoms. The molecule has 1 unspecified atom stereocenters. The van der Waals surface area contributed by atoms with Crippen molar-refractivity contribution < 1.29 is 8.78 Å². The number of benzene rings is 1. The van der Waals surface area contributed by atoms with E-state index in [0.29, 0.717) is 18.2 Å². The van der Waals surface area contributed by atoms with Crippen LogP contribution in [0.1, 0.15) is 24.8 Å². The molecule has 0 bridgehead atoms. The van der Waals surface area contributed by atoms with Gasteiger partial charge < -0.3 is 10.2 Å². The maximum atomic E-state index is 13.5. The number of nitrogens with zero attached hydrogens (tertiary/aromatic N) is 1. The molecule has 0 saturated carbocycles. The van der Waals surface area contributed by atoms with Gasteiger partial charge in [-0.15, -0.1) is 0 Å². The molecule has 1 aromatic carbocycles. The number of rotatable bonds is 4. The molecule has 0 radical (unpaired) electrons. The molecule has 2 nitrogen and oxygen atoms in total. The van der Waals surface area contributed by atoms with Gasteiger partial charge in [-0.25, -0.2) is 8.78 Å². The highest BCUT2D eigenvalue weighted by Crippen LogP contribution is 2.14. The van der Waals surface area contributed by atoms with Crippen LogP contribution < -0.4 is 5.32 Å². The highest BCUT2D eigenvalue weighted by atomic mass is 19.2. The second-order valence-electron chi connectivity index (χ2n) is 5.06. The molecule has 1 fully saturated rings. The molecule has 2 rings (SSSR count). The molecule has 0 amide bonds. The van der Waals surface area contributed by atoms with Gasteiger partial charge in [-0.1, -0.05) is 18.6 Å². The third-order valence-electron chi connectivity index (χ3n) is 3.42. The van der Waals surface area contributed by atoms with E-state index < -0.39 is 11.6 Å². The van der Waals surface area contributed by atoms with E-state index in [1.165, 1.54) is 12.8 Å². The lowest BCUT2D eigenvalue weighted by molar-refractivity contribution is 0.253. The van der Waals surface area contributed by atoms with Crippen molar-refractivity contribution in [1.82, 2.24) is 10.2 Å². The Balaban J connectivity index is 1.90. The minimum Gasteiger partial charge on any atom is -0.313 e. The first-order chi connectivity index (χ1) is 8.66. The van der Waals surface area contributed by atoms with E-state index in [0.717, 1.165) is 25.6 Å². The first-order valence-electron chi connectivity index (χ1n) is 6.51. The minimum absolute atomic E-state index is 0.424. The minimum atomic E-state index is -0.767. The van der Waals surface area contributed by atoms with Crippen LogP contribution in [0.3, 0.4) is 0 Å². The van der Waals surface area contributed by atoms with Crippen molar-refractivity contribution in [2.75, 3.05) is 20.1 Å². The molecule has 0 aliphatic carbocycles. The smallest absolute Gasteiger partial charge is 0.163 e. The lowest BCUT2D eigenvalue weighted by Crippen LogP contribution is -2.42. The van der Waals surface area contributed by atoms with Crippen molar-refractivity contribution >= 4 is 0 Å². The summed E-state index contributed by atoms with van der Waals surface area (Å²) in [5.74, 6) is -1.49. The Morgan fingerprint density at radius 1 is 1.33 bits per heavy atom. The molecule has 1 N–H and O–H groups in total. The van der Waals surface area contributed by atoms with E-state index in [9.17, 15) is 8.78 Å². The number of hydrogen-bond donors (Lipinski definition) is 1. The van der Waals surface area contributed by atoms with Crippen LogP contribution >= 0.6 is 0 Å². The van der Waals surface area contributed by atoms with E-state index in [4.69, 9.17) is 0 Å². The normalized spacial score (nSPS) is 20.3. The summed E-state index contributed by atoms with van der Waals surface area (Å²) >= 11 is 0. The lowest BCUT2D eigenvalue weighted by Gasteiger charge is -2.28. The van der Waals surface area contributed by atoms with Crippen LogP contribution in [0.15, 0.2) is 18.2 Å². The molecule has 1 saturated heterocycles. The third-order valence-corrected chi connectivity index (χ3v) is 3.42. The molecule has 1 aliphatic heterocycles. The highest BCUT2D eigenvalue weighted by molar-refractivity contribution is 5.18. The van der Waals surface area contributed by atoms with Crippen LogP contribution in [0.5, 0.6) is 0 Å². The fourth-order valence-electron chi connectivity index (χ4n) is 2.48. The van der Waals surface area contributed by atoms with Crippen molar-refractivity contribution in [3.8, 4) is 0 Å². The fraction of sp³-hybridized carbons (Fsp3) is 0.571. The summed E-state index contributed by atoms with van der Waals surface area (Å²) in [4.78, 5) is 2.04. The van der Waals surface area contributed by atoms with Gasteiger partial charge in [0.1, 0.15) is 0 Å². The maximum absolute atomic E-state index is 13.5. The van der Waals surface area contributed by atoms with Crippen molar-refractivity contribution in [2.24, 2.45) is 0 Å². The van der Waals surface area contributed by atoms with Crippen molar-refractivity contribution in [1.29, 1.82) is 0 Å². The summed E-state index contributed by atoms with van der Waals surface area (Å²) in [5, 5.41) is 3.45. The van der Waals surface area contributed by atoms with Gasteiger partial charge in [-0.3, -0.25) is 0 Å². The second-order valence-corrected chi connectivity index (χ2v) is 5.06. The molecular formula is C14H20F2N2. The van der Waals surface area contributed by atoms with Gasteiger partial charge in [0.15, 0.2) is 11.6 Å². The molecule has 1 aromatic rings. The van der Waals surface area contributed by atoms with Gasteiger partial charge in [0.25, 0.3) is 0 Å². The van der Waals surface area contributed by atoms with Crippen LogP contribution in [0.25, 0.3) is 0 Å². The Hall–Kier alpha value is -1.00. The molecular weight excluding hydrogens is 234 g/mol. The van der Waals surface area contributed by atoms with E-state index in [2.05, 4.69) is 5.32 Å². The third kappa shape index (κ3) is 3.50. The van der Waals surface area contributed by atoms with Gasteiger partial charge in [-0.2, -0.15) is 0 Å². The summed E-state index contributed by atoms with van der Waals surface area (Å²) < 4.78 is 26.6. The number of halogens is 2. The standard InChI is InChI=1S/C14H20F2N2/c1-18(10-12-6-2-3-8-17-12)9-11-5-4-7-13(15)14(11)16/h4-5,7,12,17H,2-3,6,8-10H2,1H3. The highest BCUT2D eigenvalue weighted by Gasteiger charge is 2.16. The van der Waals surface area contributed by atoms with Crippen LogP contribution in [-0.4, -0.2) is 31.1 Å². The second kappa shape index (κ2) is 6.25. The average molecular weight is 254 g/mol. The van der Waals surface area contributed by atoms with Crippen molar-refractivity contribution in [3.63, 3.8) is 0 Å². The molecule has 4 heteroatoms. The average Bonchev–Trinajstić information content (AvgIpc) is 2.36. The molecule has 1 atom stereocenters. The van der Waals surface area contributed by atoms with Crippen LogP contribution in [-0.2, 0) is 6.54 Å². The zero-order valence-electron chi connectivity index (χ0n) is 10.8. The maximum Gasteiger partial charge on any atom is 0.163 e. The van der Waals surface area contributed by atoms with E-state index in [1.54, 1.807) is 12.1 Å². The van der Waals surface area contributed by atoms with Crippen molar-refractivity contribution in [3.05, 3.63) is 35.4 Å². The molecule has 0 spiro atoms. The predicted octanol–water partition coefficient (Wildman–Crippen LogP) is 2.54. The quantitative estimate of drug-likeness (QED) is 0.888. The van der Waals surface area contributed by atoms with Gasteiger partial charge in [0.05, 0.1) is 0 Å². The van der Waals surface area contributed by atoms with Crippen molar-refractivity contribution in [2.45, 2.75) is 31.8 Å². The summed E-state index contributed by atoms with van der Waals surface area (Å²) in [5.41, 5.74) is 0.424. The Kier molecular flexibility index (Phi) is 4.66. The largest absolute Gasteiger partial charge is 0.313 e. The van der Waals surface area contributed by atoms with Crippen LogP contribution in [0.4, 0.5) is 8.78 Å². The van der Waals surface area contributed by atoms with E-state index in [-0.39, 0.29) is 0 Å². The summed E-state index contributed by atoms with van der Waals surface area (Å²) in [6.45, 7) is 2.38. The van der Waals surface area contributed by atoms with Gasteiger partial charge in [0, 0.05) is 24.7 Å². The monoisotopic (exact) mass is 254 g/mol. The summed E-state index contributed by atoms with van der Waals surface area (Å²) in [6, 6.07) is 4.82. The molecule has 1 aliphatic rings. The Bertz CT molecular complexity index is 389. The predicted molar refractivity (Wildman–Crippen MR) is 68.3 cm³/mol. The topological polar surface area (TPSA) is 15.3 Å². The molecule has 0 aromatic heterocycles. The summed E-state index contributed by atoms with van der Waals surface area (Å²) in [7, 11) is 1.95. The first kappa shape index (κ1) is 13.4. The number of piperidine rings is 1. The zero-order chi connectivity index (χ0) is 13.0. The number of hydrogen-bond acceptors (Lipinski definition) is 2. The molecule has 100 valence electrons. The Labute approximate surface area is 107 Å². The van der Waals surface area contributed by atoms with Crippen LogP contribution in [0.2, 0.25) is 0 Å². The SMILES string of the molecule is CN(Cc1cccc(F)c1F)CC1CCCCN1. The molecule has 1 heterocycles. The van der Waals surface area contributed by atoms with E-state index >= 15 is 0 Å². The van der Waals surface area contributed by atoms with Gasteiger partial charge in [-0.05, 0) is 32.5 Å². The van der Waals surface area contributed by atoms with E-state index in [1.807, 2.05) is 11.9 Å². The number of nitrogens with one attached hydrogen (secondary N) is 1. The fourth-order valence-corrected chi connectivity index (χ4v) is 2.48. The Morgan fingerprint density at radius 2 is 2.17 bits per heavy atom. The Morgan fingerprint density at radius 3 is 2.89 bits per heavy atom. The van der Waals surface area contributed by atoms with Gasteiger partial charge >= 0.3 is 0 Å². The van der Waals surface area contributed by atoms with Crippen LogP contribution in [0, 0.1) is 11.6 Å². The first-order valence-corrected chi connectivity index (χ1v) is 6.51.